The van der Waals surface area contributed by atoms with Crippen molar-refractivity contribution in [1.29, 1.82) is 0 Å². The minimum Gasteiger partial charge on any atom is -0.355 e. The molecule has 0 aromatic carbocycles. The molecule has 2 fully saturated rings. The van der Waals surface area contributed by atoms with Crippen molar-refractivity contribution < 1.29 is 18.9 Å². The standard InChI is InChI=1S/C11H21NO4/c1-13-10(14-2)9-7-15-11(16-8-9)3-5-12-6-4-11/h9-10,12H,3-8H2,1-2H3. The Bertz CT molecular complexity index is 204. The van der Waals surface area contributed by atoms with Gasteiger partial charge in [-0.05, 0) is 0 Å². The number of rotatable bonds is 3. The van der Waals surface area contributed by atoms with E-state index in [1.54, 1.807) is 14.2 Å². The van der Waals surface area contributed by atoms with E-state index in [1.807, 2.05) is 0 Å². The molecule has 94 valence electrons. The van der Waals surface area contributed by atoms with Crippen LogP contribution in [0.2, 0.25) is 0 Å². The maximum Gasteiger partial charge on any atom is 0.170 e. The van der Waals surface area contributed by atoms with Crippen molar-refractivity contribution in [3.05, 3.63) is 0 Å². The fraction of sp³-hybridized carbons (Fsp3) is 1.00. The van der Waals surface area contributed by atoms with Crippen LogP contribution in [-0.2, 0) is 18.9 Å². The van der Waals surface area contributed by atoms with Crippen LogP contribution in [0.4, 0.5) is 0 Å². The lowest BCUT2D eigenvalue weighted by molar-refractivity contribution is -0.315. The van der Waals surface area contributed by atoms with E-state index in [0.29, 0.717) is 13.2 Å². The Morgan fingerprint density at radius 1 is 1.12 bits per heavy atom. The van der Waals surface area contributed by atoms with Crippen molar-refractivity contribution in [2.75, 3.05) is 40.5 Å². The summed E-state index contributed by atoms with van der Waals surface area (Å²) < 4.78 is 22.2. The zero-order chi connectivity index (χ0) is 11.4. The lowest BCUT2D eigenvalue weighted by Crippen LogP contribution is -2.52. The van der Waals surface area contributed by atoms with Crippen LogP contribution in [0.25, 0.3) is 0 Å². The minimum atomic E-state index is -0.353. The highest BCUT2D eigenvalue weighted by Gasteiger charge is 2.40. The molecular formula is C11H21NO4. The summed E-state index contributed by atoms with van der Waals surface area (Å²) in [4.78, 5) is 0. The van der Waals surface area contributed by atoms with Gasteiger partial charge in [-0.25, -0.2) is 0 Å². The average Bonchev–Trinajstić information content (AvgIpc) is 2.34. The maximum atomic E-state index is 5.88. The zero-order valence-electron chi connectivity index (χ0n) is 10.0. The molecule has 0 radical (unpaired) electrons. The maximum absolute atomic E-state index is 5.88. The molecule has 0 aromatic rings. The topological polar surface area (TPSA) is 49.0 Å². The summed E-state index contributed by atoms with van der Waals surface area (Å²) in [6.07, 6.45) is 1.60. The molecule has 0 bridgehead atoms. The van der Waals surface area contributed by atoms with Crippen molar-refractivity contribution in [2.24, 2.45) is 5.92 Å². The van der Waals surface area contributed by atoms with Gasteiger partial charge in [-0.15, -0.1) is 0 Å². The van der Waals surface area contributed by atoms with E-state index < -0.39 is 0 Å². The molecule has 1 spiro atoms. The van der Waals surface area contributed by atoms with Gasteiger partial charge >= 0.3 is 0 Å². The summed E-state index contributed by atoms with van der Waals surface area (Å²) in [5.74, 6) is -0.191. The first-order valence-electron chi connectivity index (χ1n) is 5.84. The first-order chi connectivity index (χ1) is 7.79. The summed E-state index contributed by atoms with van der Waals surface area (Å²) in [7, 11) is 3.28. The summed E-state index contributed by atoms with van der Waals surface area (Å²) in [6, 6.07) is 0. The molecule has 2 aliphatic heterocycles. The third kappa shape index (κ3) is 2.55. The summed E-state index contributed by atoms with van der Waals surface area (Å²) >= 11 is 0. The van der Waals surface area contributed by atoms with Crippen molar-refractivity contribution >= 4 is 0 Å². The Kier molecular flexibility index (Phi) is 4.16. The van der Waals surface area contributed by atoms with Crippen LogP contribution >= 0.6 is 0 Å². The second-order valence-electron chi connectivity index (χ2n) is 4.38. The smallest absolute Gasteiger partial charge is 0.170 e. The predicted octanol–water partition coefficient (Wildman–Crippen LogP) is 0.348. The fourth-order valence-corrected chi connectivity index (χ4v) is 2.34. The predicted molar refractivity (Wildman–Crippen MR) is 58.0 cm³/mol. The molecule has 16 heavy (non-hydrogen) atoms. The lowest BCUT2D eigenvalue weighted by Gasteiger charge is -2.43. The third-order valence-electron chi connectivity index (χ3n) is 3.34. The van der Waals surface area contributed by atoms with Gasteiger partial charge in [-0.1, -0.05) is 0 Å². The van der Waals surface area contributed by atoms with Crippen LogP contribution in [-0.4, -0.2) is 52.6 Å². The average molecular weight is 231 g/mol. The third-order valence-corrected chi connectivity index (χ3v) is 3.34. The van der Waals surface area contributed by atoms with Crippen molar-refractivity contribution in [2.45, 2.75) is 24.9 Å². The zero-order valence-corrected chi connectivity index (χ0v) is 10.0. The highest BCUT2D eigenvalue weighted by Crippen LogP contribution is 2.31. The molecule has 1 N–H and O–H groups in total. The Morgan fingerprint density at radius 2 is 1.69 bits per heavy atom. The Hall–Kier alpha value is -0.200. The number of methoxy groups -OCH3 is 2. The van der Waals surface area contributed by atoms with Gasteiger partial charge in [0.05, 0.1) is 19.1 Å². The molecule has 0 unspecified atom stereocenters. The second-order valence-corrected chi connectivity index (χ2v) is 4.38. The van der Waals surface area contributed by atoms with Crippen LogP contribution < -0.4 is 5.32 Å². The second kappa shape index (κ2) is 5.42. The van der Waals surface area contributed by atoms with Crippen LogP contribution in [0.15, 0.2) is 0 Å². The van der Waals surface area contributed by atoms with Gasteiger partial charge in [0.25, 0.3) is 0 Å². The van der Waals surface area contributed by atoms with Gasteiger partial charge in [0.1, 0.15) is 0 Å². The quantitative estimate of drug-likeness (QED) is 0.710. The summed E-state index contributed by atoms with van der Waals surface area (Å²) in [5.41, 5.74) is 0. The SMILES string of the molecule is COC(OC)C1COC2(CCNCC2)OC1. The number of piperidine rings is 1. The largest absolute Gasteiger partial charge is 0.355 e. The van der Waals surface area contributed by atoms with E-state index >= 15 is 0 Å². The molecule has 0 amide bonds. The Morgan fingerprint density at radius 3 is 2.19 bits per heavy atom. The van der Waals surface area contributed by atoms with E-state index in [-0.39, 0.29) is 18.0 Å². The van der Waals surface area contributed by atoms with Gasteiger partial charge < -0.3 is 24.3 Å². The number of ether oxygens (including phenoxy) is 4. The summed E-state index contributed by atoms with van der Waals surface area (Å²) in [5, 5.41) is 3.30. The van der Waals surface area contributed by atoms with Crippen molar-refractivity contribution in [1.82, 2.24) is 5.32 Å². The van der Waals surface area contributed by atoms with Gasteiger partial charge in [-0.3, -0.25) is 0 Å². The Labute approximate surface area is 96.4 Å². The molecule has 0 aromatic heterocycles. The monoisotopic (exact) mass is 231 g/mol. The van der Waals surface area contributed by atoms with E-state index in [1.165, 1.54) is 0 Å². The van der Waals surface area contributed by atoms with Crippen molar-refractivity contribution in [3.63, 3.8) is 0 Å². The van der Waals surface area contributed by atoms with Crippen LogP contribution in [0, 0.1) is 5.92 Å². The first kappa shape index (κ1) is 12.3. The molecule has 0 atom stereocenters. The molecule has 0 aliphatic carbocycles. The van der Waals surface area contributed by atoms with Gasteiger partial charge in [-0.2, -0.15) is 0 Å². The van der Waals surface area contributed by atoms with E-state index in [2.05, 4.69) is 5.32 Å². The molecular weight excluding hydrogens is 210 g/mol. The van der Waals surface area contributed by atoms with Crippen LogP contribution in [0.5, 0.6) is 0 Å². The highest BCUT2D eigenvalue weighted by molar-refractivity contribution is 4.82. The van der Waals surface area contributed by atoms with E-state index in [4.69, 9.17) is 18.9 Å². The van der Waals surface area contributed by atoms with Crippen LogP contribution in [0.3, 0.4) is 0 Å². The Balaban J connectivity index is 1.85. The molecule has 2 heterocycles. The van der Waals surface area contributed by atoms with Crippen molar-refractivity contribution in [3.8, 4) is 0 Å². The van der Waals surface area contributed by atoms with Gasteiger partial charge in [0.2, 0.25) is 0 Å². The molecule has 0 saturated carbocycles. The minimum absolute atomic E-state index is 0.163. The number of hydrogen-bond donors (Lipinski definition) is 1. The molecule has 5 nitrogen and oxygen atoms in total. The summed E-state index contributed by atoms with van der Waals surface area (Å²) in [6.45, 7) is 3.21. The number of hydrogen-bond acceptors (Lipinski definition) is 5. The van der Waals surface area contributed by atoms with E-state index in [0.717, 1.165) is 25.9 Å². The molecule has 2 rings (SSSR count). The first-order valence-corrected chi connectivity index (χ1v) is 5.84. The fourth-order valence-electron chi connectivity index (χ4n) is 2.34. The molecule has 2 aliphatic rings. The molecule has 2 saturated heterocycles. The van der Waals surface area contributed by atoms with Crippen LogP contribution in [0.1, 0.15) is 12.8 Å². The highest BCUT2D eigenvalue weighted by atomic mass is 16.7. The van der Waals surface area contributed by atoms with E-state index in [9.17, 15) is 0 Å². The molecule has 5 heteroatoms. The number of nitrogens with one attached hydrogen (secondary N) is 1. The normalized spacial score (nSPS) is 26.4. The lowest BCUT2D eigenvalue weighted by atomic mass is 10.0. The van der Waals surface area contributed by atoms with Gasteiger partial charge in [0, 0.05) is 40.2 Å². The van der Waals surface area contributed by atoms with Gasteiger partial charge in [0.15, 0.2) is 12.1 Å².